The number of hydrogen-bond acceptors (Lipinski definition) is 2. The van der Waals surface area contributed by atoms with Crippen molar-refractivity contribution in [1.29, 1.82) is 0 Å². The average Bonchev–Trinajstić information content (AvgIpc) is 1.88. The van der Waals surface area contributed by atoms with E-state index in [2.05, 4.69) is 20.9 Å². The molecule has 0 bridgehead atoms. The molecule has 0 spiro atoms. The molecule has 11 heavy (non-hydrogen) atoms. The monoisotopic (exact) mass is 237 g/mol. The Morgan fingerprint density at radius 2 is 2.27 bits per heavy atom. The van der Waals surface area contributed by atoms with E-state index in [1.807, 2.05) is 0 Å². The van der Waals surface area contributed by atoms with Gasteiger partial charge < -0.3 is 5.11 Å². The summed E-state index contributed by atoms with van der Waals surface area (Å²) in [5.74, 6) is -0.972. The van der Waals surface area contributed by atoms with Crippen molar-refractivity contribution in [1.82, 2.24) is 4.98 Å². The van der Waals surface area contributed by atoms with Gasteiger partial charge in [0.15, 0.2) is 0 Å². The molecule has 0 aliphatic heterocycles. The Kier molecular flexibility index (Phi) is 4.07. The van der Waals surface area contributed by atoms with Crippen LogP contribution in [0.5, 0.6) is 0 Å². The van der Waals surface area contributed by atoms with Gasteiger partial charge in [0.05, 0.1) is 5.56 Å². The second-order valence-electron chi connectivity index (χ2n) is 1.65. The topological polar surface area (TPSA) is 50.2 Å². The lowest BCUT2D eigenvalue weighted by Crippen LogP contribution is -1.97. The molecule has 5 heteroatoms. The van der Waals surface area contributed by atoms with Crippen LogP contribution >= 0.6 is 28.3 Å². The van der Waals surface area contributed by atoms with Crippen molar-refractivity contribution in [2.45, 2.75) is 0 Å². The molecule has 0 fully saturated rings. The Morgan fingerprint density at radius 3 is 2.64 bits per heavy atom. The summed E-state index contributed by atoms with van der Waals surface area (Å²) in [6, 6.07) is 3.06. The molecule has 1 N–H and O–H groups in total. The smallest absolute Gasteiger partial charge is 0.338 e. The SMILES string of the molecule is Cl.O=C(O)c1cccnc1Br. The molecule has 60 valence electrons. The van der Waals surface area contributed by atoms with E-state index < -0.39 is 5.97 Å². The van der Waals surface area contributed by atoms with E-state index in [-0.39, 0.29) is 18.0 Å². The second kappa shape index (κ2) is 4.31. The summed E-state index contributed by atoms with van der Waals surface area (Å²) in [7, 11) is 0. The summed E-state index contributed by atoms with van der Waals surface area (Å²) in [4.78, 5) is 14.1. The molecule has 0 aliphatic carbocycles. The highest BCUT2D eigenvalue weighted by Crippen LogP contribution is 2.11. The Hall–Kier alpha value is -0.610. The average molecular weight is 238 g/mol. The molecular weight excluding hydrogens is 233 g/mol. The van der Waals surface area contributed by atoms with Gasteiger partial charge in [-0.3, -0.25) is 0 Å². The van der Waals surface area contributed by atoms with Gasteiger partial charge in [0, 0.05) is 6.20 Å². The van der Waals surface area contributed by atoms with Gasteiger partial charge in [-0.2, -0.15) is 0 Å². The molecule has 0 saturated heterocycles. The van der Waals surface area contributed by atoms with E-state index in [9.17, 15) is 4.79 Å². The Labute approximate surface area is 78.0 Å². The third-order valence-corrected chi connectivity index (χ3v) is 1.62. The zero-order valence-electron chi connectivity index (χ0n) is 5.32. The number of halogens is 2. The summed E-state index contributed by atoms with van der Waals surface area (Å²) >= 11 is 3.00. The standard InChI is InChI=1S/C6H4BrNO2.ClH/c7-5-4(6(9)10)2-1-3-8-5;/h1-3H,(H,9,10);1H. The number of carboxylic acid groups (broad SMARTS) is 1. The van der Waals surface area contributed by atoms with Crippen LogP contribution in [0.15, 0.2) is 22.9 Å². The van der Waals surface area contributed by atoms with Crippen LogP contribution < -0.4 is 0 Å². The molecule has 1 aromatic rings. The van der Waals surface area contributed by atoms with E-state index >= 15 is 0 Å². The van der Waals surface area contributed by atoms with Crippen molar-refractivity contribution >= 4 is 34.3 Å². The minimum Gasteiger partial charge on any atom is -0.478 e. The highest BCUT2D eigenvalue weighted by molar-refractivity contribution is 9.10. The number of rotatable bonds is 1. The van der Waals surface area contributed by atoms with Crippen LogP contribution in [0.25, 0.3) is 0 Å². The molecular formula is C6H5BrClNO2. The summed E-state index contributed by atoms with van der Waals surface area (Å²) < 4.78 is 0.363. The van der Waals surface area contributed by atoms with Crippen molar-refractivity contribution in [2.75, 3.05) is 0 Å². The van der Waals surface area contributed by atoms with Gasteiger partial charge in [-0.05, 0) is 28.1 Å². The van der Waals surface area contributed by atoms with E-state index in [1.54, 1.807) is 6.07 Å². The largest absolute Gasteiger partial charge is 0.478 e. The van der Waals surface area contributed by atoms with Gasteiger partial charge >= 0.3 is 5.97 Å². The minimum atomic E-state index is -0.972. The Morgan fingerprint density at radius 1 is 1.64 bits per heavy atom. The summed E-state index contributed by atoms with van der Waals surface area (Å²) in [6.45, 7) is 0. The van der Waals surface area contributed by atoms with Gasteiger partial charge in [-0.15, -0.1) is 12.4 Å². The highest BCUT2D eigenvalue weighted by Gasteiger charge is 2.05. The first-order valence-electron chi connectivity index (χ1n) is 2.55. The van der Waals surface area contributed by atoms with E-state index in [0.717, 1.165) is 0 Å². The van der Waals surface area contributed by atoms with Crippen molar-refractivity contribution < 1.29 is 9.90 Å². The molecule has 0 amide bonds. The molecule has 1 aromatic heterocycles. The van der Waals surface area contributed by atoms with E-state index in [1.165, 1.54) is 12.3 Å². The first-order chi connectivity index (χ1) is 4.72. The third-order valence-electron chi connectivity index (χ3n) is 0.989. The summed E-state index contributed by atoms with van der Waals surface area (Å²) in [5.41, 5.74) is 0.183. The number of nitrogens with zero attached hydrogens (tertiary/aromatic N) is 1. The van der Waals surface area contributed by atoms with Gasteiger partial charge in [-0.25, -0.2) is 9.78 Å². The van der Waals surface area contributed by atoms with Crippen LogP contribution in [0, 0.1) is 0 Å². The summed E-state index contributed by atoms with van der Waals surface area (Å²) in [6.07, 6.45) is 1.52. The maximum absolute atomic E-state index is 10.4. The lowest BCUT2D eigenvalue weighted by Gasteiger charge is -1.93. The van der Waals surface area contributed by atoms with Gasteiger partial charge in [0.25, 0.3) is 0 Å². The molecule has 1 rings (SSSR count). The van der Waals surface area contributed by atoms with Crippen LogP contribution in [0.4, 0.5) is 0 Å². The maximum Gasteiger partial charge on any atom is 0.338 e. The number of aromatic carboxylic acids is 1. The van der Waals surface area contributed by atoms with E-state index in [4.69, 9.17) is 5.11 Å². The van der Waals surface area contributed by atoms with Crippen LogP contribution in [0.3, 0.4) is 0 Å². The van der Waals surface area contributed by atoms with Gasteiger partial charge in [0.1, 0.15) is 4.60 Å². The number of aromatic nitrogens is 1. The van der Waals surface area contributed by atoms with Crippen LogP contribution in [-0.4, -0.2) is 16.1 Å². The number of pyridine rings is 1. The highest BCUT2D eigenvalue weighted by atomic mass is 79.9. The lowest BCUT2D eigenvalue weighted by atomic mass is 10.3. The van der Waals surface area contributed by atoms with Crippen molar-refractivity contribution in [3.8, 4) is 0 Å². The Balaban J connectivity index is 0.000001000. The molecule has 0 aliphatic rings. The van der Waals surface area contributed by atoms with E-state index in [0.29, 0.717) is 4.60 Å². The lowest BCUT2D eigenvalue weighted by molar-refractivity contribution is 0.0695. The fourth-order valence-corrected chi connectivity index (χ4v) is 0.966. The quantitative estimate of drug-likeness (QED) is 0.761. The second-order valence-corrected chi connectivity index (χ2v) is 2.40. The van der Waals surface area contributed by atoms with Gasteiger partial charge in [0.2, 0.25) is 0 Å². The van der Waals surface area contributed by atoms with Crippen LogP contribution in [0.2, 0.25) is 0 Å². The van der Waals surface area contributed by atoms with Gasteiger partial charge in [-0.1, -0.05) is 0 Å². The molecule has 0 saturated carbocycles. The maximum atomic E-state index is 10.4. The summed E-state index contributed by atoms with van der Waals surface area (Å²) in [5, 5.41) is 8.50. The fourth-order valence-electron chi connectivity index (χ4n) is 0.546. The molecule has 0 atom stereocenters. The predicted octanol–water partition coefficient (Wildman–Crippen LogP) is 1.96. The number of carbonyl (C=O) groups is 1. The first-order valence-corrected chi connectivity index (χ1v) is 3.35. The molecule has 0 aromatic carbocycles. The van der Waals surface area contributed by atoms with Crippen molar-refractivity contribution in [3.63, 3.8) is 0 Å². The Bertz CT molecular complexity index is 267. The minimum absolute atomic E-state index is 0. The fraction of sp³-hybridized carbons (Fsp3) is 0. The molecule has 0 unspecified atom stereocenters. The number of hydrogen-bond donors (Lipinski definition) is 1. The molecule has 1 heterocycles. The molecule has 3 nitrogen and oxygen atoms in total. The van der Waals surface area contributed by atoms with Crippen LogP contribution in [-0.2, 0) is 0 Å². The predicted molar refractivity (Wildman–Crippen MR) is 46.1 cm³/mol. The normalized spacial score (nSPS) is 8.45. The first kappa shape index (κ1) is 10.4. The molecule has 0 radical (unpaired) electrons. The zero-order valence-corrected chi connectivity index (χ0v) is 7.72. The van der Waals surface area contributed by atoms with Crippen LogP contribution in [0.1, 0.15) is 10.4 Å². The van der Waals surface area contributed by atoms with Crippen molar-refractivity contribution in [2.24, 2.45) is 0 Å². The zero-order chi connectivity index (χ0) is 7.56. The third kappa shape index (κ3) is 2.48. The van der Waals surface area contributed by atoms with Crippen molar-refractivity contribution in [3.05, 3.63) is 28.5 Å². The number of carboxylic acids is 1.